The van der Waals surface area contributed by atoms with Gasteiger partial charge in [0.25, 0.3) is 0 Å². The minimum Gasteiger partial charge on any atom is -0.320 e. The first-order chi connectivity index (χ1) is 5.38. The summed E-state index contributed by atoms with van der Waals surface area (Å²) in [7, 11) is 4.10. The van der Waals surface area contributed by atoms with Crippen molar-refractivity contribution in [2.75, 3.05) is 20.6 Å². The van der Waals surface area contributed by atoms with Crippen molar-refractivity contribution in [3.05, 3.63) is 0 Å². The average Bonchev–Trinajstić information content (AvgIpc) is 1.93. The highest BCUT2D eigenvalue weighted by atomic mass is 14.9. The Morgan fingerprint density at radius 3 is 2.45 bits per heavy atom. The number of hydrogen-bond donors (Lipinski definition) is 2. The van der Waals surface area contributed by atoms with Gasteiger partial charge in [0.2, 0.25) is 0 Å². The molecule has 2 N–H and O–H groups in total. The quantitative estimate of drug-likeness (QED) is 0.620. The SMILES string of the molecule is CNCCC(NC)C1CCC1. The molecule has 66 valence electrons. The summed E-state index contributed by atoms with van der Waals surface area (Å²) in [4.78, 5) is 0. The lowest BCUT2D eigenvalue weighted by atomic mass is 9.78. The first-order valence-corrected chi connectivity index (χ1v) is 4.70. The summed E-state index contributed by atoms with van der Waals surface area (Å²) in [5.41, 5.74) is 0. The zero-order valence-corrected chi connectivity index (χ0v) is 7.69. The summed E-state index contributed by atoms with van der Waals surface area (Å²) in [6.45, 7) is 1.14. The molecule has 11 heavy (non-hydrogen) atoms. The van der Waals surface area contributed by atoms with E-state index >= 15 is 0 Å². The van der Waals surface area contributed by atoms with Crippen LogP contribution in [0.5, 0.6) is 0 Å². The van der Waals surface area contributed by atoms with E-state index in [1.54, 1.807) is 0 Å². The van der Waals surface area contributed by atoms with Crippen LogP contribution >= 0.6 is 0 Å². The molecule has 2 heteroatoms. The first kappa shape index (κ1) is 9.01. The van der Waals surface area contributed by atoms with Crippen LogP contribution in [0.25, 0.3) is 0 Å². The van der Waals surface area contributed by atoms with Crippen molar-refractivity contribution in [2.24, 2.45) is 5.92 Å². The minimum absolute atomic E-state index is 0.760. The Morgan fingerprint density at radius 2 is 2.09 bits per heavy atom. The van der Waals surface area contributed by atoms with Crippen molar-refractivity contribution < 1.29 is 0 Å². The predicted octanol–water partition coefficient (Wildman–Crippen LogP) is 0.984. The number of nitrogens with one attached hydrogen (secondary N) is 2. The molecular formula is C9H20N2. The molecule has 0 radical (unpaired) electrons. The van der Waals surface area contributed by atoms with Crippen molar-refractivity contribution in [2.45, 2.75) is 31.7 Å². The molecule has 0 aromatic rings. The molecule has 1 fully saturated rings. The van der Waals surface area contributed by atoms with E-state index in [0.29, 0.717) is 0 Å². The molecule has 1 aliphatic rings. The maximum Gasteiger partial charge on any atom is 0.0104 e. The largest absolute Gasteiger partial charge is 0.320 e. The van der Waals surface area contributed by atoms with E-state index < -0.39 is 0 Å². The van der Waals surface area contributed by atoms with Gasteiger partial charge in [0.15, 0.2) is 0 Å². The van der Waals surface area contributed by atoms with Crippen LogP contribution in [0.1, 0.15) is 25.7 Å². The monoisotopic (exact) mass is 156 g/mol. The zero-order chi connectivity index (χ0) is 8.10. The van der Waals surface area contributed by atoms with Crippen LogP contribution < -0.4 is 10.6 Å². The van der Waals surface area contributed by atoms with Gasteiger partial charge in [0, 0.05) is 6.04 Å². The Balaban J connectivity index is 2.13. The van der Waals surface area contributed by atoms with E-state index in [-0.39, 0.29) is 0 Å². The topological polar surface area (TPSA) is 24.1 Å². The van der Waals surface area contributed by atoms with Gasteiger partial charge in [0.05, 0.1) is 0 Å². The number of hydrogen-bond acceptors (Lipinski definition) is 2. The summed E-state index contributed by atoms with van der Waals surface area (Å²) in [6, 6.07) is 0.760. The molecule has 0 aromatic carbocycles. The van der Waals surface area contributed by atoms with Crippen LogP contribution in [-0.4, -0.2) is 26.7 Å². The summed E-state index contributed by atoms with van der Waals surface area (Å²) in [5.74, 6) is 0.966. The van der Waals surface area contributed by atoms with Crippen LogP contribution in [0.15, 0.2) is 0 Å². The summed E-state index contributed by atoms with van der Waals surface area (Å²) >= 11 is 0. The normalized spacial score (nSPS) is 21.3. The third kappa shape index (κ3) is 2.46. The van der Waals surface area contributed by atoms with E-state index in [4.69, 9.17) is 0 Å². The predicted molar refractivity (Wildman–Crippen MR) is 48.7 cm³/mol. The van der Waals surface area contributed by atoms with Crippen molar-refractivity contribution >= 4 is 0 Å². The lowest BCUT2D eigenvalue weighted by molar-refractivity contribution is 0.227. The van der Waals surface area contributed by atoms with E-state index in [2.05, 4.69) is 17.7 Å². The van der Waals surface area contributed by atoms with Gasteiger partial charge in [-0.1, -0.05) is 6.42 Å². The molecule has 0 spiro atoms. The third-order valence-corrected chi connectivity index (χ3v) is 2.79. The van der Waals surface area contributed by atoms with Gasteiger partial charge in [-0.15, -0.1) is 0 Å². The second kappa shape index (κ2) is 4.73. The van der Waals surface area contributed by atoms with Gasteiger partial charge in [-0.05, 0) is 45.8 Å². The van der Waals surface area contributed by atoms with E-state index in [9.17, 15) is 0 Å². The molecule has 1 atom stereocenters. The van der Waals surface area contributed by atoms with Crippen LogP contribution in [0.3, 0.4) is 0 Å². The lowest BCUT2D eigenvalue weighted by Gasteiger charge is -2.33. The highest BCUT2D eigenvalue weighted by Crippen LogP contribution is 2.30. The Hall–Kier alpha value is -0.0800. The van der Waals surface area contributed by atoms with Crippen molar-refractivity contribution in [1.82, 2.24) is 10.6 Å². The van der Waals surface area contributed by atoms with Crippen LogP contribution in [0, 0.1) is 5.92 Å². The molecule has 2 nitrogen and oxygen atoms in total. The standard InChI is InChI=1S/C9H20N2/c1-10-7-6-9(11-2)8-4-3-5-8/h8-11H,3-7H2,1-2H3. The van der Waals surface area contributed by atoms with E-state index in [1.807, 2.05) is 7.05 Å². The second-order valence-corrected chi connectivity index (χ2v) is 3.48. The molecule has 0 bridgehead atoms. The van der Waals surface area contributed by atoms with Crippen LogP contribution in [-0.2, 0) is 0 Å². The highest BCUT2D eigenvalue weighted by molar-refractivity contribution is 4.81. The Kier molecular flexibility index (Phi) is 3.87. The van der Waals surface area contributed by atoms with Gasteiger partial charge in [0.1, 0.15) is 0 Å². The molecule has 0 saturated heterocycles. The number of rotatable bonds is 5. The Labute approximate surface area is 69.8 Å². The van der Waals surface area contributed by atoms with Gasteiger partial charge < -0.3 is 10.6 Å². The smallest absolute Gasteiger partial charge is 0.0104 e. The summed E-state index contributed by atoms with van der Waals surface area (Å²) in [6.07, 6.45) is 5.60. The van der Waals surface area contributed by atoms with Crippen LogP contribution in [0.4, 0.5) is 0 Å². The molecule has 0 heterocycles. The van der Waals surface area contributed by atoms with Gasteiger partial charge in [-0.3, -0.25) is 0 Å². The molecular weight excluding hydrogens is 136 g/mol. The zero-order valence-electron chi connectivity index (χ0n) is 7.69. The summed E-state index contributed by atoms with van der Waals surface area (Å²) in [5, 5.41) is 6.59. The first-order valence-electron chi connectivity index (χ1n) is 4.70. The van der Waals surface area contributed by atoms with Gasteiger partial charge in [-0.25, -0.2) is 0 Å². The van der Waals surface area contributed by atoms with Gasteiger partial charge in [-0.2, -0.15) is 0 Å². The maximum absolute atomic E-state index is 3.40. The highest BCUT2D eigenvalue weighted by Gasteiger charge is 2.25. The van der Waals surface area contributed by atoms with E-state index in [1.165, 1.54) is 25.7 Å². The third-order valence-electron chi connectivity index (χ3n) is 2.79. The lowest BCUT2D eigenvalue weighted by Crippen LogP contribution is -2.39. The van der Waals surface area contributed by atoms with Crippen molar-refractivity contribution in [1.29, 1.82) is 0 Å². The second-order valence-electron chi connectivity index (χ2n) is 3.48. The fourth-order valence-electron chi connectivity index (χ4n) is 1.76. The molecule has 1 unspecified atom stereocenters. The molecule has 0 aliphatic heterocycles. The minimum atomic E-state index is 0.760. The van der Waals surface area contributed by atoms with Crippen LogP contribution in [0.2, 0.25) is 0 Å². The molecule has 0 aromatic heterocycles. The summed E-state index contributed by atoms with van der Waals surface area (Å²) < 4.78 is 0. The fraction of sp³-hybridized carbons (Fsp3) is 1.00. The molecule has 1 aliphatic carbocycles. The molecule has 0 amide bonds. The van der Waals surface area contributed by atoms with Crippen molar-refractivity contribution in [3.8, 4) is 0 Å². The molecule has 1 saturated carbocycles. The van der Waals surface area contributed by atoms with E-state index in [0.717, 1.165) is 18.5 Å². The Bertz CT molecular complexity index is 99.7. The van der Waals surface area contributed by atoms with Crippen molar-refractivity contribution in [3.63, 3.8) is 0 Å². The molecule has 1 rings (SSSR count). The van der Waals surface area contributed by atoms with Gasteiger partial charge >= 0.3 is 0 Å². The fourth-order valence-corrected chi connectivity index (χ4v) is 1.76. The maximum atomic E-state index is 3.40. The average molecular weight is 156 g/mol. The Morgan fingerprint density at radius 1 is 1.36 bits per heavy atom.